The van der Waals surface area contributed by atoms with E-state index < -0.39 is 0 Å². The number of hydrogen-bond donors (Lipinski definition) is 1. The molecule has 0 aliphatic carbocycles. The summed E-state index contributed by atoms with van der Waals surface area (Å²) in [5.74, 6) is 0.795. The number of aromatic hydroxyl groups is 1. The molecule has 1 N–H and O–H groups in total. The Hall–Kier alpha value is -1.24. The van der Waals surface area contributed by atoms with E-state index in [0.717, 1.165) is 18.4 Å². The highest BCUT2D eigenvalue weighted by molar-refractivity contribution is 5.34. The molecule has 76 valence electrons. The lowest BCUT2D eigenvalue weighted by Gasteiger charge is -2.10. The molecule has 1 aromatic rings. The van der Waals surface area contributed by atoms with Gasteiger partial charge in [0.15, 0.2) is 0 Å². The lowest BCUT2D eigenvalue weighted by molar-refractivity contribution is 0.463. The van der Waals surface area contributed by atoms with E-state index in [9.17, 15) is 5.11 Å². The second-order valence-corrected chi connectivity index (χ2v) is 3.58. The van der Waals surface area contributed by atoms with Crippen LogP contribution >= 0.6 is 0 Å². The first-order valence-corrected chi connectivity index (χ1v) is 5.18. The Morgan fingerprint density at radius 1 is 1.29 bits per heavy atom. The van der Waals surface area contributed by atoms with Gasteiger partial charge < -0.3 is 5.11 Å². The summed E-state index contributed by atoms with van der Waals surface area (Å²) < 4.78 is 0. The molecular formula is C13H18O. The van der Waals surface area contributed by atoms with Crippen molar-refractivity contribution in [2.75, 3.05) is 0 Å². The van der Waals surface area contributed by atoms with Crippen LogP contribution in [-0.4, -0.2) is 5.11 Å². The summed E-state index contributed by atoms with van der Waals surface area (Å²) in [6.07, 6.45) is 6.41. The fourth-order valence-electron chi connectivity index (χ4n) is 1.50. The minimum atomic E-state index is 0.388. The molecule has 0 radical (unpaired) electrons. The van der Waals surface area contributed by atoms with E-state index in [2.05, 4.69) is 26.0 Å². The fraction of sp³-hybridized carbons (Fsp3) is 0.385. The van der Waals surface area contributed by atoms with Crippen molar-refractivity contribution in [1.82, 2.24) is 0 Å². The largest absolute Gasteiger partial charge is 0.508 e. The third kappa shape index (κ3) is 2.91. The molecule has 0 aromatic heterocycles. The Kier molecular flexibility index (Phi) is 4.24. The summed E-state index contributed by atoms with van der Waals surface area (Å²) in [5.41, 5.74) is 1.04. The van der Waals surface area contributed by atoms with Crippen LogP contribution in [0.3, 0.4) is 0 Å². The van der Waals surface area contributed by atoms with Crippen LogP contribution in [0.5, 0.6) is 5.75 Å². The van der Waals surface area contributed by atoms with Gasteiger partial charge in [0, 0.05) is 0 Å². The number of allylic oxidation sites excluding steroid dienone is 2. The van der Waals surface area contributed by atoms with Crippen LogP contribution in [0.25, 0.3) is 0 Å². The van der Waals surface area contributed by atoms with E-state index >= 15 is 0 Å². The topological polar surface area (TPSA) is 20.2 Å². The summed E-state index contributed by atoms with van der Waals surface area (Å²) in [6, 6.07) is 7.55. The first-order chi connectivity index (χ1) is 6.75. The zero-order valence-electron chi connectivity index (χ0n) is 8.90. The van der Waals surface area contributed by atoms with Gasteiger partial charge in [0.2, 0.25) is 0 Å². The first-order valence-electron chi connectivity index (χ1n) is 5.18. The highest BCUT2D eigenvalue weighted by atomic mass is 16.3. The van der Waals surface area contributed by atoms with Crippen LogP contribution in [0.1, 0.15) is 38.2 Å². The van der Waals surface area contributed by atoms with Crippen molar-refractivity contribution < 1.29 is 5.11 Å². The van der Waals surface area contributed by atoms with Crippen molar-refractivity contribution in [3.05, 3.63) is 42.0 Å². The molecule has 1 unspecified atom stereocenters. The lowest BCUT2D eigenvalue weighted by atomic mass is 9.97. The highest BCUT2D eigenvalue weighted by Gasteiger charge is 2.07. The number of phenols is 1. The predicted molar refractivity (Wildman–Crippen MR) is 60.6 cm³/mol. The maximum Gasteiger partial charge on any atom is 0.119 e. The number of benzene rings is 1. The maximum atomic E-state index is 9.61. The average Bonchev–Trinajstić information content (AvgIpc) is 2.18. The standard InChI is InChI=1S/C13H18O/c1-3-4-5-8-11(2)12-9-6-7-10-13(12)14/h4-7,9-11,14H,3,8H2,1-2H3/b5-4-. The molecule has 0 saturated carbocycles. The van der Waals surface area contributed by atoms with E-state index in [0.29, 0.717) is 11.7 Å². The molecular weight excluding hydrogens is 172 g/mol. The van der Waals surface area contributed by atoms with Crippen LogP contribution in [0.4, 0.5) is 0 Å². The summed E-state index contributed by atoms with van der Waals surface area (Å²) in [7, 11) is 0. The summed E-state index contributed by atoms with van der Waals surface area (Å²) in [5, 5.41) is 9.61. The third-order valence-electron chi connectivity index (χ3n) is 2.36. The molecule has 0 aliphatic heterocycles. The molecule has 0 heterocycles. The SMILES string of the molecule is CC/C=C\CC(C)c1ccccc1O. The smallest absolute Gasteiger partial charge is 0.119 e. The van der Waals surface area contributed by atoms with Gasteiger partial charge in [-0.3, -0.25) is 0 Å². The van der Waals surface area contributed by atoms with Gasteiger partial charge in [-0.2, -0.15) is 0 Å². The third-order valence-corrected chi connectivity index (χ3v) is 2.36. The van der Waals surface area contributed by atoms with Crippen molar-refractivity contribution >= 4 is 0 Å². The summed E-state index contributed by atoms with van der Waals surface area (Å²) in [6.45, 7) is 4.26. The van der Waals surface area contributed by atoms with Crippen LogP contribution in [0.15, 0.2) is 36.4 Å². The van der Waals surface area contributed by atoms with Crippen molar-refractivity contribution in [2.45, 2.75) is 32.6 Å². The van der Waals surface area contributed by atoms with Crippen molar-refractivity contribution in [1.29, 1.82) is 0 Å². The van der Waals surface area contributed by atoms with Gasteiger partial charge in [0.25, 0.3) is 0 Å². The van der Waals surface area contributed by atoms with E-state index in [1.54, 1.807) is 6.07 Å². The molecule has 0 amide bonds. The van der Waals surface area contributed by atoms with Gasteiger partial charge in [-0.05, 0) is 30.4 Å². The van der Waals surface area contributed by atoms with E-state index in [1.165, 1.54) is 0 Å². The number of para-hydroxylation sites is 1. The minimum absolute atomic E-state index is 0.388. The van der Waals surface area contributed by atoms with Crippen molar-refractivity contribution in [2.24, 2.45) is 0 Å². The molecule has 1 rings (SSSR count). The van der Waals surface area contributed by atoms with Gasteiger partial charge in [-0.25, -0.2) is 0 Å². The molecule has 1 aromatic carbocycles. The molecule has 0 saturated heterocycles. The maximum absolute atomic E-state index is 9.61. The van der Waals surface area contributed by atoms with Crippen LogP contribution in [0.2, 0.25) is 0 Å². The quantitative estimate of drug-likeness (QED) is 0.715. The Balaban J connectivity index is 2.65. The minimum Gasteiger partial charge on any atom is -0.508 e. The molecule has 1 atom stereocenters. The van der Waals surface area contributed by atoms with E-state index in [-0.39, 0.29) is 0 Å². The summed E-state index contributed by atoms with van der Waals surface area (Å²) in [4.78, 5) is 0. The monoisotopic (exact) mass is 190 g/mol. The second-order valence-electron chi connectivity index (χ2n) is 3.58. The highest BCUT2D eigenvalue weighted by Crippen LogP contribution is 2.27. The zero-order chi connectivity index (χ0) is 10.4. The Bertz CT molecular complexity index is 302. The molecule has 1 nitrogen and oxygen atoms in total. The van der Waals surface area contributed by atoms with Gasteiger partial charge >= 0.3 is 0 Å². The van der Waals surface area contributed by atoms with E-state index in [1.807, 2.05) is 18.2 Å². The normalized spacial score (nSPS) is 13.3. The first kappa shape index (κ1) is 10.8. The molecule has 0 aliphatic rings. The molecule has 14 heavy (non-hydrogen) atoms. The van der Waals surface area contributed by atoms with E-state index in [4.69, 9.17) is 0 Å². The summed E-state index contributed by atoms with van der Waals surface area (Å²) >= 11 is 0. The van der Waals surface area contributed by atoms with Gasteiger partial charge in [-0.1, -0.05) is 44.2 Å². The van der Waals surface area contributed by atoms with Crippen molar-refractivity contribution in [3.8, 4) is 5.75 Å². The van der Waals surface area contributed by atoms with Crippen LogP contribution in [-0.2, 0) is 0 Å². The second kappa shape index (κ2) is 5.48. The van der Waals surface area contributed by atoms with Gasteiger partial charge in [0.1, 0.15) is 5.75 Å². The Morgan fingerprint density at radius 3 is 2.64 bits per heavy atom. The number of hydrogen-bond acceptors (Lipinski definition) is 1. The van der Waals surface area contributed by atoms with Crippen LogP contribution in [0, 0.1) is 0 Å². The molecule has 0 spiro atoms. The predicted octanol–water partition coefficient (Wildman–Crippen LogP) is 3.85. The fourth-order valence-corrected chi connectivity index (χ4v) is 1.50. The molecule has 1 heteroatoms. The zero-order valence-corrected chi connectivity index (χ0v) is 8.90. The molecule has 0 fully saturated rings. The van der Waals surface area contributed by atoms with Crippen molar-refractivity contribution in [3.63, 3.8) is 0 Å². The van der Waals surface area contributed by atoms with Crippen LogP contribution < -0.4 is 0 Å². The Labute approximate surface area is 86.1 Å². The lowest BCUT2D eigenvalue weighted by Crippen LogP contribution is -1.91. The Morgan fingerprint density at radius 2 is 2.00 bits per heavy atom. The van der Waals surface area contributed by atoms with Gasteiger partial charge in [-0.15, -0.1) is 0 Å². The number of rotatable bonds is 4. The average molecular weight is 190 g/mol. The number of phenolic OH excluding ortho intramolecular Hbond substituents is 1. The van der Waals surface area contributed by atoms with Gasteiger partial charge in [0.05, 0.1) is 0 Å². The molecule has 0 bridgehead atoms.